The highest BCUT2D eigenvalue weighted by Gasteiger charge is 2.11. The van der Waals surface area contributed by atoms with Crippen LogP contribution in [0.15, 0.2) is 53.6 Å². The number of nitrogens with zero attached hydrogens (tertiary/aromatic N) is 2. The number of pyridine rings is 2. The first-order valence-electron chi connectivity index (χ1n) is 6.80. The summed E-state index contributed by atoms with van der Waals surface area (Å²) in [7, 11) is 0. The van der Waals surface area contributed by atoms with Gasteiger partial charge in [0.2, 0.25) is 0 Å². The number of hydrogen-bond acceptors (Lipinski definition) is 5. The van der Waals surface area contributed by atoms with E-state index >= 15 is 0 Å². The summed E-state index contributed by atoms with van der Waals surface area (Å²) in [5.41, 5.74) is 6.67. The lowest BCUT2D eigenvalue weighted by Gasteiger charge is -2.10. The number of rotatable bonds is 4. The average Bonchev–Trinajstić information content (AvgIpc) is 2.55. The summed E-state index contributed by atoms with van der Waals surface area (Å²) in [5.74, 6) is 0.575. The highest BCUT2D eigenvalue weighted by molar-refractivity contribution is 8.00. The molecule has 2 aromatic heterocycles. The molecule has 0 unspecified atom stereocenters. The molecule has 122 valence electrons. The Labute approximate surface area is 152 Å². The second-order valence-electron chi connectivity index (χ2n) is 4.76. The molecule has 3 rings (SSSR count). The average molecular weight is 381 g/mol. The largest absolute Gasteiger partial charge is 0.384 e. The Morgan fingerprint density at radius 1 is 1.00 bits per heavy atom. The van der Waals surface area contributed by atoms with Crippen LogP contribution in [0.3, 0.4) is 0 Å². The van der Waals surface area contributed by atoms with Gasteiger partial charge in [0.1, 0.15) is 22.5 Å². The van der Waals surface area contributed by atoms with E-state index in [9.17, 15) is 4.39 Å². The Morgan fingerprint density at radius 2 is 1.83 bits per heavy atom. The van der Waals surface area contributed by atoms with Crippen molar-refractivity contribution < 1.29 is 4.39 Å². The third kappa shape index (κ3) is 3.90. The zero-order valence-electron chi connectivity index (χ0n) is 12.1. The second-order valence-corrected chi connectivity index (χ2v) is 6.40. The standard InChI is InChI=1S/C16H11Cl2FN4S/c17-11-6-7-14(23-24-15-3-1-2-13(20)21-15)22-16(11)10-5-4-9(19)8-12(10)18/h1-8H,(H2,20,21)(H,22,23). The molecule has 0 amide bonds. The third-order valence-electron chi connectivity index (χ3n) is 3.04. The minimum Gasteiger partial charge on any atom is -0.384 e. The molecule has 1 aromatic carbocycles. The van der Waals surface area contributed by atoms with Crippen LogP contribution in [0.1, 0.15) is 0 Å². The van der Waals surface area contributed by atoms with Gasteiger partial charge in [-0.05, 0) is 42.5 Å². The van der Waals surface area contributed by atoms with Crippen LogP contribution in [-0.4, -0.2) is 9.97 Å². The van der Waals surface area contributed by atoms with Crippen molar-refractivity contribution in [2.75, 3.05) is 10.5 Å². The fraction of sp³-hybridized carbons (Fsp3) is 0. The van der Waals surface area contributed by atoms with E-state index in [2.05, 4.69) is 14.7 Å². The third-order valence-corrected chi connectivity index (χ3v) is 4.40. The molecule has 24 heavy (non-hydrogen) atoms. The Bertz CT molecular complexity index is 892. The van der Waals surface area contributed by atoms with Crippen molar-refractivity contribution in [1.29, 1.82) is 0 Å². The molecule has 2 heterocycles. The predicted octanol–water partition coefficient (Wildman–Crippen LogP) is 5.29. The van der Waals surface area contributed by atoms with E-state index < -0.39 is 5.82 Å². The first-order valence-corrected chi connectivity index (χ1v) is 8.37. The molecule has 0 aliphatic rings. The van der Waals surface area contributed by atoms with Gasteiger partial charge in [-0.2, -0.15) is 0 Å². The van der Waals surface area contributed by atoms with Gasteiger partial charge in [0.25, 0.3) is 0 Å². The summed E-state index contributed by atoms with van der Waals surface area (Å²) >= 11 is 13.6. The first-order chi connectivity index (χ1) is 11.5. The van der Waals surface area contributed by atoms with Gasteiger partial charge in [-0.25, -0.2) is 14.4 Å². The molecule has 3 aromatic rings. The lowest BCUT2D eigenvalue weighted by atomic mass is 10.1. The summed E-state index contributed by atoms with van der Waals surface area (Å²) in [4.78, 5) is 8.61. The normalized spacial score (nSPS) is 10.6. The Morgan fingerprint density at radius 3 is 2.58 bits per heavy atom. The van der Waals surface area contributed by atoms with Gasteiger partial charge >= 0.3 is 0 Å². The van der Waals surface area contributed by atoms with Crippen LogP contribution in [0.25, 0.3) is 11.3 Å². The minimum absolute atomic E-state index is 0.242. The Kier molecular flexibility index (Phi) is 5.08. The molecule has 8 heteroatoms. The van der Waals surface area contributed by atoms with Crippen LogP contribution in [0.4, 0.5) is 16.0 Å². The lowest BCUT2D eigenvalue weighted by molar-refractivity contribution is 0.628. The highest BCUT2D eigenvalue weighted by atomic mass is 35.5. The summed E-state index contributed by atoms with van der Waals surface area (Å²) in [5, 5.41) is 1.36. The van der Waals surface area contributed by atoms with Gasteiger partial charge in [-0.1, -0.05) is 29.3 Å². The molecule has 0 saturated heterocycles. The summed E-state index contributed by atoms with van der Waals surface area (Å²) < 4.78 is 16.3. The van der Waals surface area contributed by atoms with E-state index in [4.69, 9.17) is 28.9 Å². The summed E-state index contributed by atoms with van der Waals surface area (Å²) in [6.07, 6.45) is 0. The number of halogens is 3. The van der Waals surface area contributed by atoms with Crippen molar-refractivity contribution >= 4 is 46.8 Å². The number of hydrogen-bond donors (Lipinski definition) is 2. The monoisotopic (exact) mass is 380 g/mol. The van der Waals surface area contributed by atoms with Crippen molar-refractivity contribution in [1.82, 2.24) is 9.97 Å². The fourth-order valence-corrected chi connectivity index (χ4v) is 3.05. The lowest BCUT2D eigenvalue weighted by Crippen LogP contribution is -1.96. The van der Waals surface area contributed by atoms with Gasteiger partial charge in [-0.3, -0.25) is 0 Å². The van der Waals surface area contributed by atoms with Gasteiger partial charge < -0.3 is 10.5 Å². The minimum atomic E-state index is -0.419. The smallest absolute Gasteiger partial charge is 0.136 e. The molecular weight excluding hydrogens is 370 g/mol. The van der Waals surface area contributed by atoms with Crippen molar-refractivity contribution in [3.05, 3.63) is 64.4 Å². The SMILES string of the molecule is Nc1cccc(SNc2ccc(Cl)c(-c3ccc(F)cc3Cl)n2)n1. The number of benzene rings is 1. The van der Waals surface area contributed by atoms with Gasteiger partial charge in [-0.15, -0.1) is 0 Å². The number of nitrogen functional groups attached to an aromatic ring is 1. The number of aromatic nitrogens is 2. The number of nitrogens with two attached hydrogens (primary N) is 1. The van der Waals surface area contributed by atoms with Gasteiger partial charge in [0.05, 0.1) is 15.7 Å². The molecular formula is C16H11Cl2FN4S. The van der Waals surface area contributed by atoms with Crippen molar-refractivity contribution in [2.24, 2.45) is 0 Å². The Hall–Kier alpha value is -2.02. The fourth-order valence-electron chi connectivity index (χ4n) is 1.96. The molecule has 0 bridgehead atoms. The predicted molar refractivity (Wildman–Crippen MR) is 97.8 cm³/mol. The number of nitrogens with one attached hydrogen (secondary N) is 1. The van der Waals surface area contributed by atoms with Crippen LogP contribution in [-0.2, 0) is 0 Å². The van der Waals surface area contributed by atoms with Gasteiger partial charge in [0, 0.05) is 17.5 Å². The first kappa shape index (κ1) is 16.8. The summed E-state index contributed by atoms with van der Waals surface area (Å²) in [6.45, 7) is 0. The van der Waals surface area contributed by atoms with E-state index in [-0.39, 0.29) is 5.02 Å². The maximum absolute atomic E-state index is 13.2. The number of anilines is 2. The summed E-state index contributed by atoms with van der Waals surface area (Å²) in [6, 6.07) is 12.8. The molecule has 0 atom stereocenters. The molecule has 4 nitrogen and oxygen atoms in total. The van der Waals surface area contributed by atoms with Gasteiger partial charge in [0.15, 0.2) is 0 Å². The van der Waals surface area contributed by atoms with E-state index in [0.717, 1.165) is 0 Å². The van der Waals surface area contributed by atoms with Crippen LogP contribution in [0.2, 0.25) is 10.0 Å². The molecule has 0 radical (unpaired) electrons. The molecule has 0 fully saturated rings. The molecule has 0 aliphatic carbocycles. The maximum atomic E-state index is 13.2. The maximum Gasteiger partial charge on any atom is 0.136 e. The van der Waals surface area contributed by atoms with Crippen LogP contribution in [0, 0.1) is 5.82 Å². The Balaban J connectivity index is 1.86. The van der Waals surface area contributed by atoms with E-state index in [1.54, 1.807) is 24.3 Å². The quantitative estimate of drug-likeness (QED) is 0.601. The van der Waals surface area contributed by atoms with Crippen molar-refractivity contribution in [3.8, 4) is 11.3 Å². The molecule has 0 saturated carbocycles. The van der Waals surface area contributed by atoms with Crippen LogP contribution in [0.5, 0.6) is 0 Å². The van der Waals surface area contributed by atoms with E-state index in [0.29, 0.717) is 32.9 Å². The zero-order chi connectivity index (χ0) is 17.1. The molecule has 3 N–H and O–H groups in total. The van der Waals surface area contributed by atoms with Crippen molar-refractivity contribution in [3.63, 3.8) is 0 Å². The topological polar surface area (TPSA) is 63.8 Å². The second kappa shape index (κ2) is 7.25. The molecule has 0 aliphatic heterocycles. The van der Waals surface area contributed by atoms with Crippen molar-refractivity contribution in [2.45, 2.75) is 5.03 Å². The molecule has 0 spiro atoms. The van der Waals surface area contributed by atoms with E-state index in [1.165, 1.54) is 24.1 Å². The highest BCUT2D eigenvalue weighted by Crippen LogP contribution is 2.33. The van der Waals surface area contributed by atoms with E-state index in [1.807, 2.05) is 12.1 Å². The zero-order valence-corrected chi connectivity index (χ0v) is 14.5. The van der Waals surface area contributed by atoms with Crippen LogP contribution >= 0.6 is 35.1 Å². The van der Waals surface area contributed by atoms with Crippen LogP contribution < -0.4 is 10.5 Å².